The van der Waals surface area contributed by atoms with Gasteiger partial charge in [-0.25, -0.2) is 4.79 Å². The Morgan fingerprint density at radius 3 is 2.81 bits per heavy atom. The molecule has 0 unspecified atom stereocenters. The van der Waals surface area contributed by atoms with Gasteiger partial charge in [0.15, 0.2) is 6.23 Å². The third-order valence-electron chi connectivity index (χ3n) is 3.06. The Balaban J connectivity index is 1.81. The van der Waals surface area contributed by atoms with Crippen molar-refractivity contribution in [3.63, 3.8) is 0 Å². The first-order valence-corrected chi connectivity index (χ1v) is 6.91. The van der Waals surface area contributed by atoms with Crippen molar-refractivity contribution in [2.24, 2.45) is 0 Å². The summed E-state index contributed by atoms with van der Waals surface area (Å²) in [5.74, 6) is -0.394. The molecule has 2 atom stereocenters. The maximum absolute atomic E-state index is 11.8. The van der Waals surface area contributed by atoms with Gasteiger partial charge < -0.3 is 14.2 Å². The zero-order valence-corrected chi connectivity index (χ0v) is 11.9. The van der Waals surface area contributed by atoms with E-state index in [1.807, 2.05) is 30.3 Å². The minimum Gasteiger partial charge on any atom is -0.458 e. The molecule has 0 radical (unpaired) electrons. The van der Waals surface area contributed by atoms with Gasteiger partial charge in [-0.2, -0.15) is 0 Å². The first-order valence-electron chi connectivity index (χ1n) is 6.91. The second-order valence-corrected chi connectivity index (χ2v) is 4.79. The van der Waals surface area contributed by atoms with Crippen molar-refractivity contribution in [1.29, 1.82) is 0 Å². The second-order valence-electron chi connectivity index (χ2n) is 4.79. The summed E-state index contributed by atoms with van der Waals surface area (Å²) in [6.45, 7) is 2.03. The molecule has 1 heterocycles. The highest BCUT2D eigenvalue weighted by Crippen LogP contribution is 2.16. The topological polar surface area (TPSA) is 73.9 Å². The number of ether oxygens (including phenoxy) is 3. The van der Waals surface area contributed by atoms with Crippen LogP contribution in [0.15, 0.2) is 30.3 Å². The van der Waals surface area contributed by atoms with Crippen molar-refractivity contribution >= 4 is 12.1 Å². The fourth-order valence-corrected chi connectivity index (χ4v) is 2.10. The van der Waals surface area contributed by atoms with E-state index in [9.17, 15) is 9.59 Å². The van der Waals surface area contributed by atoms with Gasteiger partial charge in [-0.3, -0.25) is 10.1 Å². The lowest BCUT2D eigenvalue weighted by molar-refractivity contribution is -0.163. The van der Waals surface area contributed by atoms with E-state index in [1.54, 1.807) is 0 Å². The van der Waals surface area contributed by atoms with Gasteiger partial charge >= 0.3 is 12.1 Å². The van der Waals surface area contributed by atoms with Gasteiger partial charge in [-0.05, 0) is 18.4 Å². The van der Waals surface area contributed by atoms with E-state index in [0.29, 0.717) is 13.0 Å². The fraction of sp³-hybridized carbons (Fsp3) is 0.467. The molecule has 1 saturated heterocycles. The predicted molar refractivity (Wildman–Crippen MR) is 74.3 cm³/mol. The molecule has 0 spiro atoms. The molecule has 2 rings (SSSR count). The van der Waals surface area contributed by atoms with E-state index in [2.05, 4.69) is 5.32 Å². The van der Waals surface area contributed by atoms with E-state index in [1.165, 1.54) is 6.92 Å². The minimum atomic E-state index is -0.661. The van der Waals surface area contributed by atoms with Gasteiger partial charge in [-0.1, -0.05) is 30.3 Å². The van der Waals surface area contributed by atoms with E-state index in [-0.39, 0.29) is 6.61 Å². The normalized spacial score (nSPS) is 21.4. The van der Waals surface area contributed by atoms with Crippen LogP contribution in [0, 0.1) is 0 Å². The molecule has 6 nitrogen and oxygen atoms in total. The lowest BCUT2D eigenvalue weighted by atomic mass is 10.1. The van der Waals surface area contributed by atoms with Gasteiger partial charge in [0.25, 0.3) is 0 Å². The number of rotatable bonds is 4. The molecule has 1 amide bonds. The van der Waals surface area contributed by atoms with Crippen molar-refractivity contribution in [2.75, 3.05) is 6.61 Å². The Morgan fingerprint density at radius 2 is 2.10 bits per heavy atom. The van der Waals surface area contributed by atoms with E-state index in [0.717, 1.165) is 12.0 Å². The number of carbonyl (C=O) groups is 2. The number of esters is 1. The van der Waals surface area contributed by atoms with Crippen LogP contribution in [0.3, 0.4) is 0 Å². The molecule has 0 saturated carbocycles. The third kappa shape index (κ3) is 5.07. The Kier molecular flexibility index (Phi) is 5.57. The molecule has 1 aliphatic heterocycles. The molecule has 114 valence electrons. The quantitative estimate of drug-likeness (QED) is 0.859. The monoisotopic (exact) mass is 293 g/mol. The summed E-state index contributed by atoms with van der Waals surface area (Å²) in [7, 11) is 0. The SMILES string of the molecule is CC(=O)O[C@H]1CCCO[C@H]1NC(=O)OCc1ccccc1. The summed E-state index contributed by atoms with van der Waals surface area (Å²) in [5.41, 5.74) is 0.897. The number of hydrogen-bond acceptors (Lipinski definition) is 5. The molecule has 0 aromatic heterocycles. The molecule has 1 aromatic rings. The number of hydrogen-bond donors (Lipinski definition) is 1. The minimum absolute atomic E-state index is 0.178. The standard InChI is InChI=1S/C15H19NO5/c1-11(17)21-13-8-5-9-19-14(13)16-15(18)20-10-12-6-3-2-4-7-12/h2-4,6-7,13-14H,5,8-10H2,1H3,(H,16,18)/t13-,14+/m0/s1. The molecule has 1 fully saturated rings. The van der Waals surface area contributed by atoms with Crippen LogP contribution in [0.5, 0.6) is 0 Å². The van der Waals surface area contributed by atoms with Crippen LogP contribution in [-0.2, 0) is 25.6 Å². The molecule has 0 bridgehead atoms. The van der Waals surface area contributed by atoms with Gasteiger partial charge in [-0.15, -0.1) is 0 Å². The van der Waals surface area contributed by atoms with E-state index in [4.69, 9.17) is 14.2 Å². The van der Waals surface area contributed by atoms with Crippen LogP contribution in [0.2, 0.25) is 0 Å². The summed E-state index contributed by atoms with van der Waals surface area (Å²) < 4.78 is 15.7. The van der Waals surface area contributed by atoms with Crippen LogP contribution in [-0.4, -0.2) is 31.0 Å². The molecule has 1 aliphatic rings. The molecule has 0 aliphatic carbocycles. The Hall–Kier alpha value is -2.08. The van der Waals surface area contributed by atoms with Crippen LogP contribution >= 0.6 is 0 Å². The first kappa shape index (κ1) is 15.3. The van der Waals surface area contributed by atoms with Crippen molar-refractivity contribution in [3.8, 4) is 0 Å². The van der Waals surface area contributed by atoms with Crippen LogP contribution < -0.4 is 5.32 Å². The van der Waals surface area contributed by atoms with Crippen LogP contribution in [0.4, 0.5) is 4.79 Å². The molecular weight excluding hydrogens is 274 g/mol. The van der Waals surface area contributed by atoms with Crippen molar-refractivity contribution in [3.05, 3.63) is 35.9 Å². The van der Waals surface area contributed by atoms with Crippen LogP contribution in [0.25, 0.3) is 0 Å². The number of carbonyl (C=O) groups excluding carboxylic acids is 2. The highest BCUT2D eigenvalue weighted by molar-refractivity contribution is 5.68. The zero-order chi connectivity index (χ0) is 15.1. The molecule has 21 heavy (non-hydrogen) atoms. The summed E-state index contributed by atoms with van der Waals surface area (Å²) in [6, 6.07) is 9.37. The van der Waals surface area contributed by atoms with E-state index < -0.39 is 24.4 Å². The lowest BCUT2D eigenvalue weighted by Gasteiger charge is -2.31. The molecular formula is C15H19NO5. The smallest absolute Gasteiger partial charge is 0.409 e. The van der Waals surface area contributed by atoms with Gasteiger partial charge in [0.2, 0.25) is 0 Å². The summed E-state index contributed by atoms with van der Waals surface area (Å²) >= 11 is 0. The molecule has 1 aromatic carbocycles. The largest absolute Gasteiger partial charge is 0.458 e. The predicted octanol–water partition coefficient (Wildman–Crippen LogP) is 1.98. The van der Waals surface area contributed by atoms with Gasteiger partial charge in [0.1, 0.15) is 12.7 Å². The van der Waals surface area contributed by atoms with Gasteiger partial charge in [0.05, 0.1) is 0 Å². The van der Waals surface area contributed by atoms with Crippen molar-refractivity contribution < 1.29 is 23.8 Å². The van der Waals surface area contributed by atoms with Gasteiger partial charge in [0, 0.05) is 13.5 Å². The van der Waals surface area contributed by atoms with E-state index >= 15 is 0 Å². The average Bonchev–Trinajstić information content (AvgIpc) is 2.48. The molecule has 1 N–H and O–H groups in total. The Labute approximate surface area is 123 Å². The van der Waals surface area contributed by atoms with Crippen LogP contribution in [0.1, 0.15) is 25.3 Å². The maximum atomic E-state index is 11.8. The second kappa shape index (κ2) is 7.64. The Bertz CT molecular complexity index is 476. The third-order valence-corrected chi connectivity index (χ3v) is 3.06. The lowest BCUT2D eigenvalue weighted by Crippen LogP contribution is -2.49. The summed E-state index contributed by atoms with van der Waals surface area (Å²) in [4.78, 5) is 22.8. The fourth-order valence-electron chi connectivity index (χ4n) is 2.10. The van der Waals surface area contributed by atoms with Crippen molar-refractivity contribution in [1.82, 2.24) is 5.32 Å². The summed E-state index contributed by atoms with van der Waals surface area (Å²) in [5, 5.41) is 2.58. The number of amides is 1. The number of nitrogens with one attached hydrogen (secondary N) is 1. The summed E-state index contributed by atoms with van der Waals surface area (Å²) in [6.07, 6.45) is -0.285. The molecule has 6 heteroatoms. The first-order chi connectivity index (χ1) is 10.1. The highest BCUT2D eigenvalue weighted by atomic mass is 16.6. The van der Waals surface area contributed by atoms with Crippen molar-refractivity contribution in [2.45, 2.75) is 38.7 Å². The number of alkyl carbamates (subject to hydrolysis) is 1. The zero-order valence-electron chi connectivity index (χ0n) is 11.9. The number of benzene rings is 1. The Morgan fingerprint density at radius 1 is 1.33 bits per heavy atom. The maximum Gasteiger partial charge on any atom is 0.409 e. The average molecular weight is 293 g/mol. The highest BCUT2D eigenvalue weighted by Gasteiger charge is 2.30.